The number of ketones is 1. The molecule has 0 radical (unpaired) electrons. The zero-order chi connectivity index (χ0) is 11.4. The van der Waals surface area contributed by atoms with Gasteiger partial charge in [0, 0.05) is 6.42 Å². The molecule has 0 aliphatic carbocycles. The molecule has 0 aromatic heterocycles. The second-order valence-corrected chi connectivity index (χ2v) is 3.30. The Morgan fingerprint density at radius 3 is 2.33 bits per heavy atom. The number of rotatable bonds is 4. The smallest absolute Gasteiger partial charge is 0.172 e. The van der Waals surface area contributed by atoms with Gasteiger partial charge in [0.2, 0.25) is 0 Å². The molecule has 80 valence electrons. The van der Waals surface area contributed by atoms with E-state index >= 15 is 0 Å². The van der Waals surface area contributed by atoms with E-state index < -0.39 is 23.0 Å². The summed E-state index contributed by atoms with van der Waals surface area (Å²) in [5, 5.41) is 0. The summed E-state index contributed by atoms with van der Waals surface area (Å²) in [6.07, 6.45) is 0.621. The van der Waals surface area contributed by atoms with Crippen LogP contribution in [0.25, 0.3) is 0 Å². The van der Waals surface area contributed by atoms with Crippen LogP contribution >= 0.6 is 0 Å². The fourth-order valence-corrected chi connectivity index (χ4v) is 1.20. The average Bonchev–Trinajstić information content (AvgIpc) is 2.17. The van der Waals surface area contributed by atoms with Crippen LogP contribution in [-0.2, 0) is 0 Å². The zero-order valence-electron chi connectivity index (χ0n) is 8.52. The van der Waals surface area contributed by atoms with E-state index in [4.69, 9.17) is 0 Å². The van der Waals surface area contributed by atoms with Crippen LogP contribution in [0, 0.1) is 11.6 Å². The molecule has 0 saturated carbocycles. The lowest BCUT2D eigenvalue weighted by atomic mass is 10.0. The average molecular weight is 210 g/mol. The molecule has 0 spiro atoms. The first-order chi connectivity index (χ1) is 7.06. The van der Waals surface area contributed by atoms with Gasteiger partial charge in [0.05, 0.1) is 5.56 Å². The molecule has 0 N–H and O–H groups in total. The van der Waals surface area contributed by atoms with Crippen LogP contribution in [0.1, 0.15) is 30.1 Å². The third-order valence-electron chi connectivity index (χ3n) is 2.15. The van der Waals surface area contributed by atoms with Crippen LogP contribution in [0.3, 0.4) is 0 Å². The Labute approximate surface area is 87.4 Å². The van der Waals surface area contributed by atoms with Gasteiger partial charge >= 0.3 is 0 Å². The molecule has 0 amide bonds. The van der Waals surface area contributed by atoms with Gasteiger partial charge in [-0.15, -0.1) is 0 Å². The van der Waals surface area contributed by atoms with Crippen LogP contribution in [0.2, 0.25) is 0 Å². The van der Waals surface area contributed by atoms with Crippen molar-refractivity contribution in [2.45, 2.75) is 19.8 Å². The molecular formula is C12H12F2O. The lowest BCUT2D eigenvalue weighted by molar-refractivity contribution is 0.0984. The highest BCUT2D eigenvalue weighted by Gasteiger charge is 2.16. The Kier molecular flexibility index (Phi) is 3.72. The molecule has 0 atom stereocenters. The Bertz CT molecular complexity index is 376. The number of halogens is 2. The van der Waals surface area contributed by atoms with E-state index in [2.05, 4.69) is 6.58 Å². The zero-order valence-corrected chi connectivity index (χ0v) is 8.52. The van der Waals surface area contributed by atoms with Crippen molar-refractivity contribution in [1.29, 1.82) is 0 Å². The summed E-state index contributed by atoms with van der Waals surface area (Å²) in [5.74, 6) is -2.19. The molecule has 0 bridgehead atoms. The van der Waals surface area contributed by atoms with Crippen LogP contribution < -0.4 is 0 Å². The van der Waals surface area contributed by atoms with Gasteiger partial charge in [-0.25, -0.2) is 8.78 Å². The molecule has 0 aliphatic rings. The maximum Gasteiger partial charge on any atom is 0.172 e. The minimum Gasteiger partial charge on any atom is -0.294 e. The van der Waals surface area contributed by atoms with Gasteiger partial charge in [-0.2, -0.15) is 0 Å². The van der Waals surface area contributed by atoms with E-state index in [0.29, 0.717) is 12.0 Å². The molecule has 0 aliphatic heterocycles. The van der Waals surface area contributed by atoms with Gasteiger partial charge in [0.15, 0.2) is 5.78 Å². The summed E-state index contributed by atoms with van der Waals surface area (Å²) in [7, 11) is 0. The molecule has 0 unspecified atom stereocenters. The van der Waals surface area contributed by atoms with Crippen molar-refractivity contribution < 1.29 is 13.6 Å². The Morgan fingerprint density at radius 1 is 1.33 bits per heavy atom. The van der Waals surface area contributed by atoms with Crippen molar-refractivity contribution >= 4 is 5.78 Å². The Balaban J connectivity index is 2.96. The van der Waals surface area contributed by atoms with Gasteiger partial charge in [-0.1, -0.05) is 25.1 Å². The normalized spacial score (nSPS) is 10.1. The maximum absolute atomic E-state index is 13.2. The fourth-order valence-electron chi connectivity index (χ4n) is 1.20. The second kappa shape index (κ2) is 4.82. The van der Waals surface area contributed by atoms with Gasteiger partial charge in [-0.05, 0) is 18.6 Å². The highest BCUT2D eigenvalue weighted by atomic mass is 19.1. The van der Waals surface area contributed by atoms with Gasteiger partial charge < -0.3 is 0 Å². The number of hydrogen-bond acceptors (Lipinski definition) is 1. The largest absolute Gasteiger partial charge is 0.294 e. The highest BCUT2D eigenvalue weighted by Crippen LogP contribution is 2.17. The Morgan fingerprint density at radius 2 is 1.87 bits per heavy atom. The van der Waals surface area contributed by atoms with E-state index in [-0.39, 0.29) is 6.42 Å². The minimum absolute atomic E-state index is 0.00560. The van der Waals surface area contributed by atoms with Gasteiger partial charge in [-0.3, -0.25) is 4.79 Å². The first kappa shape index (κ1) is 11.6. The summed E-state index contributed by atoms with van der Waals surface area (Å²) in [6.45, 7) is 5.47. The monoisotopic (exact) mass is 210 g/mol. The lowest BCUT2D eigenvalue weighted by Gasteiger charge is -2.04. The van der Waals surface area contributed by atoms with Crippen molar-refractivity contribution in [3.63, 3.8) is 0 Å². The van der Waals surface area contributed by atoms with Crippen LogP contribution in [0.4, 0.5) is 8.78 Å². The molecule has 0 saturated heterocycles. The molecule has 1 aromatic rings. The number of allylic oxidation sites excluding steroid dienone is 1. The van der Waals surface area contributed by atoms with Gasteiger partial charge in [0.25, 0.3) is 0 Å². The summed E-state index contributed by atoms with van der Waals surface area (Å²) in [5.41, 5.74) is 0.203. The molecular weight excluding hydrogens is 198 g/mol. The standard InChI is InChI=1S/C12H12F2O/c1-3-8(2)7-11(15)12-9(13)5-4-6-10(12)14/h4-6H,2-3,7H2,1H3. The van der Waals surface area contributed by atoms with Crippen LogP contribution in [0.5, 0.6) is 0 Å². The van der Waals surface area contributed by atoms with Crippen molar-refractivity contribution in [3.8, 4) is 0 Å². The van der Waals surface area contributed by atoms with Crippen molar-refractivity contribution in [2.24, 2.45) is 0 Å². The number of carbonyl (C=O) groups is 1. The van der Waals surface area contributed by atoms with Crippen molar-refractivity contribution in [1.82, 2.24) is 0 Å². The highest BCUT2D eigenvalue weighted by molar-refractivity contribution is 5.97. The van der Waals surface area contributed by atoms with Gasteiger partial charge in [0.1, 0.15) is 11.6 Å². The van der Waals surface area contributed by atoms with E-state index in [9.17, 15) is 13.6 Å². The maximum atomic E-state index is 13.2. The van der Waals surface area contributed by atoms with E-state index in [1.165, 1.54) is 6.07 Å². The predicted octanol–water partition coefficient (Wildman–Crippen LogP) is 3.50. The number of hydrogen-bond donors (Lipinski definition) is 0. The molecule has 1 nitrogen and oxygen atoms in total. The fraction of sp³-hybridized carbons (Fsp3) is 0.250. The number of Topliss-reactive ketones (excluding diaryl/α,β-unsaturated/α-hetero) is 1. The topological polar surface area (TPSA) is 17.1 Å². The van der Waals surface area contributed by atoms with Crippen molar-refractivity contribution in [3.05, 3.63) is 47.5 Å². The summed E-state index contributed by atoms with van der Waals surface area (Å²) in [4.78, 5) is 11.5. The molecule has 3 heteroatoms. The van der Waals surface area contributed by atoms with E-state index in [1.54, 1.807) is 0 Å². The SMILES string of the molecule is C=C(CC)CC(=O)c1c(F)cccc1F. The quantitative estimate of drug-likeness (QED) is 0.549. The first-order valence-electron chi connectivity index (χ1n) is 4.70. The van der Waals surface area contributed by atoms with E-state index in [1.807, 2.05) is 6.92 Å². The third kappa shape index (κ3) is 2.72. The number of benzene rings is 1. The molecule has 0 fully saturated rings. The van der Waals surface area contributed by atoms with Crippen LogP contribution in [-0.4, -0.2) is 5.78 Å². The van der Waals surface area contributed by atoms with Crippen LogP contribution in [0.15, 0.2) is 30.4 Å². The lowest BCUT2D eigenvalue weighted by Crippen LogP contribution is -2.06. The summed E-state index contributed by atoms with van der Waals surface area (Å²) >= 11 is 0. The molecule has 15 heavy (non-hydrogen) atoms. The Hall–Kier alpha value is -1.51. The molecule has 0 heterocycles. The summed E-state index contributed by atoms with van der Waals surface area (Å²) in [6, 6.07) is 3.38. The molecule has 1 rings (SSSR count). The van der Waals surface area contributed by atoms with Crippen molar-refractivity contribution in [2.75, 3.05) is 0 Å². The number of carbonyl (C=O) groups excluding carboxylic acids is 1. The third-order valence-corrected chi connectivity index (χ3v) is 2.15. The van der Waals surface area contributed by atoms with E-state index in [0.717, 1.165) is 12.1 Å². The molecule has 1 aromatic carbocycles. The predicted molar refractivity (Wildman–Crippen MR) is 54.7 cm³/mol. The second-order valence-electron chi connectivity index (χ2n) is 3.30. The minimum atomic E-state index is -0.816. The summed E-state index contributed by atoms with van der Waals surface area (Å²) < 4.78 is 26.3. The first-order valence-corrected chi connectivity index (χ1v) is 4.70.